The summed E-state index contributed by atoms with van der Waals surface area (Å²) in [5.74, 6) is 0. The molecule has 1 aromatic rings. The Morgan fingerprint density at radius 3 is 1.71 bits per heavy atom. The minimum absolute atomic E-state index is 0.0747. The molecule has 10 heteroatoms. The molecule has 0 heterocycles. The van der Waals surface area contributed by atoms with Crippen LogP contribution in [0.5, 0.6) is 0 Å². The van der Waals surface area contributed by atoms with Gasteiger partial charge in [0.05, 0.1) is 0 Å². The molecule has 0 bridgehead atoms. The largest absolute Gasteiger partial charge is 0.436 e. The highest BCUT2D eigenvalue weighted by Gasteiger charge is 2.79. The number of anilines is 1. The Morgan fingerprint density at radius 1 is 0.905 bits per heavy atom. The topological polar surface area (TPSA) is 26.0 Å². The van der Waals surface area contributed by atoms with Crippen molar-refractivity contribution in [3.05, 3.63) is 29.3 Å². The predicted molar refractivity (Wildman–Crippen MR) is 63.3 cm³/mol. The van der Waals surface area contributed by atoms with E-state index in [-0.39, 0.29) is 11.3 Å². The van der Waals surface area contributed by atoms with E-state index in [0.717, 1.165) is 13.0 Å². The van der Waals surface area contributed by atoms with E-state index in [4.69, 9.17) is 5.73 Å². The number of benzene rings is 1. The van der Waals surface area contributed by atoms with Crippen molar-refractivity contribution in [1.82, 2.24) is 0 Å². The van der Waals surface area contributed by atoms with Crippen LogP contribution in [-0.4, -0.2) is 16.9 Å². The highest BCUT2D eigenvalue weighted by Crippen LogP contribution is 2.60. The number of rotatable bonds is 2. The molecule has 0 radical (unpaired) electrons. The standard InChI is InChI=1S/C11H8BrF8N/c1-5-4-6(2-3-7(5)21)8(13,10(15,16)17)9(12,14)11(18,19)20/h2-4H,21H2,1H3. The van der Waals surface area contributed by atoms with Crippen LogP contribution in [0.1, 0.15) is 11.1 Å². The maximum Gasteiger partial charge on any atom is 0.436 e. The summed E-state index contributed by atoms with van der Waals surface area (Å²) in [6.07, 6.45) is -12.3. The summed E-state index contributed by atoms with van der Waals surface area (Å²) in [6.45, 7) is 1.15. The van der Waals surface area contributed by atoms with E-state index in [0.29, 0.717) is 12.1 Å². The molecular weight excluding hydrogens is 378 g/mol. The molecule has 2 N–H and O–H groups in total. The van der Waals surface area contributed by atoms with Crippen LogP contribution < -0.4 is 5.73 Å². The monoisotopic (exact) mass is 385 g/mol. The molecule has 0 saturated carbocycles. The molecule has 0 fully saturated rings. The number of alkyl halides is 9. The molecule has 1 aromatic carbocycles. The van der Waals surface area contributed by atoms with Gasteiger partial charge in [0.25, 0.3) is 5.67 Å². The van der Waals surface area contributed by atoms with Crippen molar-refractivity contribution in [3.63, 3.8) is 0 Å². The number of nitrogen functional groups attached to an aromatic ring is 1. The predicted octanol–water partition coefficient (Wildman–Crippen LogP) is 4.93. The molecule has 0 amide bonds. The second kappa shape index (κ2) is 4.99. The molecule has 1 rings (SSSR count). The molecule has 2 atom stereocenters. The molecular formula is C11H8BrF8N. The zero-order valence-electron chi connectivity index (χ0n) is 10.2. The number of hydrogen-bond acceptors (Lipinski definition) is 1. The van der Waals surface area contributed by atoms with Gasteiger partial charge in [0.15, 0.2) is 0 Å². The van der Waals surface area contributed by atoms with E-state index in [9.17, 15) is 35.1 Å². The van der Waals surface area contributed by atoms with E-state index in [1.807, 2.05) is 0 Å². The van der Waals surface area contributed by atoms with Gasteiger partial charge in [-0.05, 0) is 34.5 Å². The summed E-state index contributed by atoms with van der Waals surface area (Å²) < 4.78 is 98.9. The number of hydrogen-bond donors (Lipinski definition) is 1. The van der Waals surface area contributed by atoms with Gasteiger partial charge in [-0.25, -0.2) is 8.78 Å². The normalized spacial score (nSPS) is 19.0. The number of nitrogens with two attached hydrogens (primary N) is 1. The molecule has 21 heavy (non-hydrogen) atoms. The van der Waals surface area contributed by atoms with Gasteiger partial charge >= 0.3 is 16.9 Å². The van der Waals surface area contributed by atoms with Gasteiger partial charge in [-0.3, -0.25) is 0 Å². The van der Waals surface area contributed by atoms with Gasteiger partial charge in [-0.2, -0.15) is 26.3 Å². The van der Waals surface area contributed by atoms with Crippen molar-refractivity contribution >= 4 is 21.6 Å². The van der Waals surface area contributed by atoms with Crippen LogP contribution in [-0.2, 0) is 5.67 Å². The summed E-state index contributed by atoms with van der Waals surface area (Å²) in [5.41, 5.74) is -1.77. The summed E-state index contributed by atoms with van der Waals surface area (Å²) >= 11 is 1.22. The Labute approximate surface area is 122 Å². The second-order valence-corrected chi connectivity index (χ2v) is 5.39. The average Bonchev–Trinajstić information content (AvgIpc) is 2.28. The van der Waals surface area contributed by atoms with Gasteiger partial charge in [0.2, 0.25) is 0 Å². The Kier molecular flexibility index (Phi) is 4.28. The lowest BCUT2D eigenvalue weighted by Gasteiger charge is -2.38. The first-order chi connectivity index (χ1) is 9.16. The van der Waals surface area contributed by atoms with Crippen LogP contribution in [0.4, 0.5) is 40.8 Å². The highest BCUT2D eigenvalue weighted by atomic mass is 79.9. The van der Waals surface area contributed by atoms with Gasteiger partial charge in [-0.15, -0.1) is 0 Å². The minimum Gasteiger partial charge on any atom is -0.399 e. The maximum atomic E-state index is 14.3. The van der Waals surface area contributed by atoms with Crippen LogP contribution in [0.2, 0.25) is 0 Å². The molecule has 0 aliphatic rings. The zero-order chi connectivity index (χ0) is 16.9. The summed E-state index contributed by atoms with van der Waals surface area (Å²) in [7, 11) is 0. The molecule has 0 aliphatic carbocycles. The first kappa shape index (κ1) is 18.0. The van der Waals surface area contributed by atoms with Crippen molar-refractivity contribution < 1.29 is 35.1 Å². The first-order valence-electron chi connectivity index (χ1n) is 5.23. The molecule has 0 saturated heterocycles. The molecule has 0 aliphatic heterocycles. The summed E-state index contributed by atoms with van der Waals surface area (Å²) in [5, 5.41) is 0. The molecule has 2 unspecified atom stereocenters. The van der Waals surface area contributed by atoms with Crippen molar-refractivity contribution in [1.29, 1.82) is 0 Å². The fraction of sp³-hybridized carbons (Fsp3) is 0.455. The number of aryl methyl sites for hydroxylation is 1. The minimum atomic E-state index is -6.16. The maximum absolute atomic E-state index is 14.3. The quantitative estimate of drug-likeness (QED) is 0.436. The Morgan fingerprint density at radius 2 is 1.38 bits per heavy atom. The van der Waals surface area contributed by atoms with Crippen LogP contribution in [0, 0.1) is 6.92 Å². The van der Waals surface area contributed by atoms with E-state index >= 15 is 0 Å². The van der Waals surface area contributed by atoms with Crippen molar-refractivity contribution in [2.75, 3.05) is 5.73 Å². The second-order valence-electron chi connectivity index (χ2n) is 4.30. The van der Waals surface area contributed by atoms with E-state index in [2.05, 4.69) is 0 Å². The summed E-state index contributed by atoms with van der Waals surface area (Å²) in [4.78, 5) is 0. The molecule has 120 valence electrons. The fourth-order valence-electron chi connectivity index (χ4n) is 1.61. The zero-order valence-corrected chi connectivity index (χ0v) is 11.8. The Bertz CT molecular complexity index is 536. The third kappa shape index (κ3) is 2.69. The Hall–Kier alpha value is -1.06. The van der Waals surface area contributed by atoms with E-state index < -0.39 is 28.2 Å². The molecule has 1 nitrogen and oxygen atoms in total. The van der Waals surface area contributed by atoms with E-state index in [1.54, 1.807) is 0 Å². The van der Waals surface area contributed by atoms with Crippen LogP contribution in [0.3, 0.4) is 0 Å². The molecule has 0 aromatic heterocycles. The van der Waals surface area contributed by atoms with Crippen molar-refractivity contribution in [2.45, 2.75) is 29.5 Å². The van der Waals surface area contributed by atoms with Gasteiger partial charge in [0.1, 0.15) is 0 Å². The number of halogens is 9. The van der Waals surface area contributed by atoms with Gasteiger partial charge in [-0.1, -0.05) is 12.1 Å². The SMILES string of the molecule is Cc1cc(C(F)(C(F)(F)F)C(F)(Br)C(F)(F)F)ccc1N. The van der Waals surface area contributed by atoms with Crippen molar-refractivity contribution in [3.8, 4) is 0 Å². The molecule has 0 spiro atoms. The first-order valence-corrected chi connectivity index (χ1v) is 6.02. The summed E-state index contributed by atoms with van der Waals surface area (Å²) in [6, 6.07) is 1.55. The van der Waals surface area contributed by atoms with Crippen LogP contribution in [0.15, 0.2) is 18.2 Å². The van der Waals surface area contributed by atoms with Gasteiger partial charge < -0.3 is 5.73 Å². The van der Waals surface area contributed by atoms with Gasteiger partial charge in [0, 0.05) is 11.3 Å². The van der Waals surface area contributed by atoms with Crippen LogP contribution >= 0.6 is 15.9 Å². The lowest BCUT2D eigenvalue weighted by molar-refractivity contribution is -0.317. The lowest BCUT2D eigenvalue weighted by Crippen LogP contribution is -2.58. The highest BCUT2D eigenvalue weighted by molar-refractivity contribution is 9.10. The smallest absolute Gasteiger partial charge is 0.399 e. The third-order valence-corrected chi connectivity index (χ3v) is 3.84. The van der Waals surface area contributed by atoms with E-state index in [1.165, 1.54) is 15.9 Å². The fourth-order valence-corrected chi connectivity index (χ4v) is 2.06. The van der Waals surface area contributed by atoms with Crippen LogP contribution in [0.25, 0.3) is 0 Å². The average molecular weight is 386 g/mol. The lowest BCUT2D eigenvalue weighted by atomic mass is 9.88. The third-order valence-electron chi connectivity index (χ3n) is 2.85. The van der Waals surface area contributed by atoms with Crippen molar-refractivity contribution in [2.24, 2.45) is 0 Å². The Balaban J connectivity index is 3.67.